The Balaban J connectivity index is 1.15. The van der Waals surface area contributed by atoms with Crippen LogP contribution in [0.1, 0.15) is 18.7 Å². The van der Waals surface area contributed by atoms with Crippen LogP contribution in [0.5, 0.6) is 11.5 Å². The highest BCUT2D eigenvalue weighted by molar-refractivity contribution is 5.79. The van der Waals surface area contributed by atoms with Crippen molar-refractivity contribution in [3.63, 3.8) is 0 Å². The number of anilines is 1. The molecule has 0 saturated carbocycles. The van der Waals surface area contributed by atoms with Crippen molar-refractivity contribution in [3.8, 4) is 11.5 Å². The fraction of sp³-hybridized carbons (Fsp3) is 0.429. The number of benzene rings is 1. The first-order chi connectivity index (χ1) is 15.9. The lowest BCUT2D eigenvalue weighted by Crippen LogP contribution is -2.45. The minimum absolute atomic E-state index is 0.0249. The fourth-order valence-corrected chi connectivity index (χ4v) is 4.02. The number of alkyl halides is 3. The number of nitrogens with one attached hydrogen (secondary N) is 1. The number of fused-ring (bicyclic) bond motifs is 2. The van der Waals surface area contributed by atoms with Crippen LogP contribution in [0.25, 0.3) is 5.65 Å². The Morgan fingerprint density at radius 1 is 1.09 bits per heavy atom. The second-order valence-corrected chi connectivity index (χ2v) is 7.99. The van der Waals surface area contributed by atoms with Gasteiger partial charge in [-0.3, -0.25) is 4.79 Å². The second-order valence-electron chi connectivity index (χ2n) is 7.99. The molecule has 12 heteroatoms. The zero-order valence-electron chi connectivity index (χ0n) is 17.5. The molecule has 3 aromatic rings. The smallest absolute Gasteiger partial charge is 0.453 e. The van der Waals surface area contributed by atoms with Crippen molar-refractivity contribution in [2.45, 2.75) is 25.1 Å². The van der Waals surface area contributed by atoms with Crippen LogP contribution in [0, 0.1) is 5.92 Å². The summed E-state index contributed by atoms with van der Waals surface area (Å²) < 4.78 is 51.5. The maximum atomic E-state index is 13.1. The molecule has 2 aromatic heterocycles. The monoisotopic (exact) mass is 462 g/mol. The summed E-state index contributed by atoms with van der Waals surface area (Å²) in [5.41, 5.74) is 0.0249. The molecule has 1 amide bonds. The van der Waals surface area contributed by atoms with Gasteiger partial charge in [-0.25, -0.2) is 0 Å². The molecule has 1 saturated heterocycles. The number of hydrogen-bond acceptors (Lipinski definition) is 7. The van der Waals surface area contributed by atoms with E-state index in [9.17, 15) is 18.0 Å². The number of nitrogens with zero attached hydrogens (tertiary/aromatic N) is 5. The van der Waals surface area contributed by atoms with Gasteiger partial charge >= 0.3 is 6.18 Å². The topological polar surface area (TPSA) is 93.9 Å². The molecule has 33 heavy (non-hydrogen) atoms. The molecule has 174 valence electrons. The van der Waals surface area contributed by atoms with Crippen molar-refractivity contribution < 1.29 is 27.4 Å². The molecule has 1 N–H and O–H groups in total. The van der Waals surface area contributed by atoms with Crippen molar-refractivity contribution in [2.75, 3.05) is 31.1 Å². The Bertz CT molecular complexity index is 1160. The van der Waals surface area contributed by atoms with Gasteiger partial charge in [-0.15, -0.1) is 15.3 Å². The Kier molecular flexibility index (Phi) is 5.43. The van der Waals surface area contributed by atoms with E-state index in [1.165, 1.54) is 6.07 Å². The van der Waals surface area contributed by atoms with Crippen molar-refractivity contribution in [2.24, 2.45) is 5.92 Å². The molecule has 0 unspecified atom stereocenters. The Hall–Kier alpha value is -3.57. The number of para-hydroxylation sites is 2. The van der Waals surface area contributed by atoms with E-state index in [1.807, 2.05) is 29.2 Å². The molecular formula is C21H21F3N6O3. The van der Waals surface area contributed by atoms with Crippen LogP contribution in [-0.2, 0) is 11.0 Å². The normalized spacial score (nSPS) is 19.0. The summed E-state index contributed by atoms with van der Waals surface area (Å²) >= 11 is 0. The van der Waals surface area contributed by atoms with Gasteiger partial charge in [0, 0.05) is 19.0 Å². The quantitative estimate of drug-likeness (QED) is 0.636. The SMILES string of the molecule is O=C(NC[C@H]1COc2ccccc2O1)C1CCN(c2ccc3nnc(C(F)(F)F)n3n2)CC1. The van der Waals surface area contributed by atoms with Gasteiger partial charge in [0.05, 0.1) is 6.54 Å². The maximum absolute atomic E-state index is 13.1. The summed E-state index contributed by atoms with van der Waals surface area (Å²) in [6.45, 7) is 1.68. The summed E-state index contributed by atoms with van der Waals surface area (Å²) in [6, 6.07) is 10.4. The number of halogens is 3. The average molecular weight is 462 g/mol. The lowest BCUT2D eigenvalue weighted by atomic mass is 9.96. The van der Waals surface area contributed by atoms with Crippen LogP contribution in [-0.4, -0.2) is 58.1 Å². The van der Waals surface area contributed by atoms with Gasteiger partial charge in [-0.1, -0.05) is 12.1 Å². The molecule has 0 radical (unpaired) electrons. The van der Waals surface area contributed by atoms with Gasteiger partial charge in [-0.05, 0) is 37.1 Å². The van der Waals surface area contributed by atoms with E-state index < -0.39 is 12.0 Å². The molecule has 2 aliphatic heterocycles. The lowest BCUT2D eigenvalue weighted by Gasteiger charge is -2.32. The van der Waals surface area contributed by atoms with Crippen molar-refractivity contribution in [1.29, 1.82) is 0 Å². The number of ether oxygens (including phenoxy) is 2. The molecule has 1 fully saturated rings. The highest BCUT2D eigenvalue weighted by Crippen LogP contribution is 2.31. The van der Waals surface area contributed by atoms with E-state index >= 15 is 0 Å². The van der Waals surface area contributed by atoms with E-state index in [1.54, 1.807) is 6.07 Å². The highest BCUT2D eigenvalue weighted by Gasteiger charge is 2.38. The summed E-state index contributed by atoms with van der Waals surface area (Å²) in [5.74, 6) is 0.306. The first-order valence-corrected chi connectivity index (χ1v) is 10.6. The molecule has 2 aliphatic rings. The Labute approximate surface area is 186 Å². The molecule has 4 heterocycles. The summed E-state index contributed by atoms with van der Waals surface area (Å²) in [6.07, 6.45) is -3.80. The average Bonchev–Trinajstić information content (AvgIpc) is 3.26. The van der Waals surface area contributed by atoms with Crippen LogP contribution < -0.4 is 19.7 Å². The minimum Gasteiger partial charge on any atom is -0.486 e. The zero-order chi connectivity index (χ0) is 23.0. The van der Waals surface area contributed by atoms with Gasteiger partial charge in [0.2, 0.25) is 5.91 Å². The standard InChI is InChI=1S/C21H21F3N6O3/c22-21(23,24)20-27-26-17-5-6-18(28-30(17)20)29-9-7-13(8-10-29)19(31)25-11-14-12-32-15-3-1-2-4-16(15)33-14/h1-6,13-14H,7-12H2,(H,25,31)/t14-/m0/s1. The predicted molar refractivity (Wildman–Crippen MR) is 110 cm³/mol. The van der Waals surface area contributed by atoms with Crippen LogP contribution in [0.4, 0.5) is 19.0 Å². The number of carbonyl (C=O) groups excluding carboxylic acids is 1. The van der Waals surface area contributed by atoms with Crippen molar-refractivity contribution >= 4 is 17.4 Å². The molecule has 1 aromatic carbocycles. The molecule has 1 atom stereocenters. The molecule has 0 spiro atoms. The Morgan fingerprint density at radius 2 is 1.85 bits per heavy atom. The molecule has 0 bridgehead atoms. The minimum atomic E-state index is -4.65. The maximum Gasteiger partial charge on any atom is 0.453 e. The molecule has 5 rings (SSSR count). The fourth-order valence-electron chi connectivity index (χ4n) is 4.02. The van der Waals surface area contributed by atoms with Crippen LogP contribution in [0.15, 0.2) is 36.4 Å². The van der Waals surface area contributed by atoms with E-state index in [4.69, 9.17) is 9.47 Å². The third-order valence-corrected chi connectivity index (χ3v) is 5.76. The number of rotatable bonds is 4. The zero-order valence-corrected chi connectivity index (χ0v) is 17.5. The first kappa shape index (κ1) is 21.3. The van der Waals surface area contributed by atoms with Gasteiger partial charge in [0.1, 0.15) is 18.5 Å². The summed E-state index contributed by atoms with van der Waals surface area (Å²) in [4.78, 5) is 14.5. The van der Waals surface area contributed by atoms with Crippen LogP contribution in [0.2, 0.25) is 0 Å². The number of amides is 1. The summed E-state index contributed by atoms with van der Waals surface area (Å²) in [7, 11) is 0. The number of carbonyl (C=O) groups is 1. The number of aromatic nitrogens is 4. The molecular weight excluding hydrogens is 441 g/mol. The first-order valence-electron chi connectivity index (χ1n) is 10.6. The third kappa shape index (κ3) is 4.37. The van der Waals surface area contributed by atoms with E-state index in [0.717, 1.165) is 0 Å². The van der Waals surface area contributed by atoms with Gasteiger partial charge in [-0.2, -0.15) is 17.7 Å². The van der Waals surface area contributed by atoms with Crippen molar-refractivity contribution in [1.82, 2.24) is 25.1 Å². The van der Waals surface area contributed by atoms with Crippen LogP contribution in [0.3, 0.4) is 0 Å². The highest BCUT2D eigenvalue weighted by atomic mass is 19.4. The molecule has 9 nitrogen and oxygen atoms in total. The van der Waals surface area contributed by atoms with Gasteiger partial charge < -0.3 is 19.7 Å². The van der Waals surface area contributed by atoms with Crippen molar-refractivity contribution in [3.05, 3.63) is 42.2 Å². The molecule has 0 aliphatic carbocycles. The lowest BCUT2D eigenvalue weighted by molar-refractivity contribution is -0.146. The number of hydrogen-bond donors (Lipinski definition) is 1. The summed E-state index contributed by atoms with van der Waals surface area (Å²) in [5, 5.41) is 13.7. The largest absolute Gasteiger partial charge is 0.486 e. The Morgan fingerprint density at radius 3 is 2.61 bits per heavy atom. The van der Waals surface area contributed by atoms with E-state index in [-0.39, 0.29) is 23.6 Å². The third-order valence-electron chi connectivity index (χ3n) is 5.76. The van der Waals surface area contributed by atoms with E-state index in [0.29, 0.717) is 60.9 Å². The predicted octanol–water partition coefficient (Wildman–Crippen LogP) is 2.32. The van der Waals surface area contributed by atoms with Crippen LogP contribution >= 0.6 is 0 Å². The number of piperidine rings is 1. The van der Waals surface area contributed by atoms with Gasteiger partial charge in [0.25, 0.3) is 5.82 Å². The second kappa shape index (κ2) is 8.41. The van der Waals surface area contributed by atoms with E-state index in [2.05, 4.69) is 20.6 Å². The van der Waals surface area contributed by atoms with Gasteiger partial charge in [0.15, 0.2) is 17.1 Å².